The van der Waals surface area contributed by atoms with Crippen LogP contribution < -0.4 is 5.32 Å². The van der Waals surface area contributed by atoms with E-state index in [2.05, 4.69) is 15.3 Å². The van der Waals surface area contributed by atoms with E-state index in [1.165, 1.54) is 0 Å². The van der Waals surface area contributed by atoms with Gasteiger partial charge in [-0.3, -0.25) is 14.8 Å². The molecular formula is C22H19N3O4. The fourth-order valence-corrected chi connectivity index (χ4v) is 3.34. The lowest BCUT2D eigenvalue weighted by Crippen LogP contribution is -2.41. The van der Waals surface area contributed by atoms with Crippen LogP contribution in [0.2, 0.25) is 0 Å². The van der Waals surface area contributed by atoms with Crippen LogP contribution in [-0.2, 0) is 22.4 Å². The molecule has 0 aliphatic heterocycles. The van der Waals surface area contributed by atoms with Crippen molar-refractivity contribution in [2.24, 2.45) is 0 Å². The van der Waals surface area contributed by atoms with Crippen LogP contribution in [0.25, 0.3) is 21.7 Å². The van der Waals surface area contributed by atoms with E-state index in [9.17, 15) is 14.7 Å². The number of carbonyl (C=O) groups is 2. The number of carboxylic acid groups (broad SMARTS) is 1. The maximum absolute atomic E-state index is 12.4. The molecule has 0 aliphatic carbocycles. The van der Waals surface area contributed by atoms with E-state index in [1.54, 1.807) is 18.6 Å². The third kappa shape index (κ3) is 4.24. The lowest BCUT2D eigenvalue weighted by Gasteiger charge is -2.13. The summed E-state index contributed by atoms with van der Waals surface area (Å²) in [7, 11) is 0. The lowest BCUT2D eigenvalue weighted by molar-refractivity contribution is -0.141. The van der Waals surface area contributed by atoms with Gasteiger partial charge < -0.3 is 14.8 Å². The smallest absolute Gasteiger partial charge is 0.326 e. The minimum absolute atomic E-state index is 0.0298. The molecule has 7 nitrogen and oxygen atoms in total. The zero-order valence-corrected chi connectivity index (χ0v) is 15.5. The molecule has 0 fully saturated rings. The first kappa shape index (κ1) is 18.6. The minimum Gasteiger partial charge on any atom is -0.480 e. The van der Waals surface area contributed by atoms with Crippen molar-refractivity contribution in [3.8, 4) is 0 Å². The maximum Gasteiger partial charge on any atom is 0.326 e. The average Bonchev–Trinajstić information content (AvgIpc) is 3.14. The van der Waals surface area contributed by atoms with E-state index < -0.39 is 17.9 Å². The predicted molar refractivity (Wildman–Crippen MR) is 107 cm³/mol. The molecule has 2 aromatic carbocycles. The van der Waals surface area contributed by atoms with Crippen LogP contribution in [0.15, 0.2) is 65.5 Å². The summed E-state index contributed by atoms with van der Waals surface area (Å²) in [5.74, 6) is -0.996. The summed E-state index contributed by atoms with van der Waals surface area (Å²) in [6.45, 7) is 0. The Kier molecular flexibility index (Phi) is 5.20. The zero-order valence-electron chi connectivity index (χ0n) is 15.5. The number of furan rings is 1. The van der Waals surface area contributed by atoms with Crippen LogP contribution >= 0.6 is 0 Å². The van der Waals surface area contributed by atoms with Crippen molar-refractivity contribution in [1.29, 1.82) is 0 Å². The number of hydrogen-bond acceptors (Lipinski definition) is 5. The first-order valence-electron chi connectivity index (χ1n) is 9.27. The third-order valence-corrected chi connectivity index (χ3v) is 4.75. The molecule has 4 aromatic rings. The van der Waals surface area contributed by atoms with Gasteiger partial charge in [0.25, 0.3) is 0 Å². The van der Waals surface area contributed by atoms with Crippen molar-refractivity contribution in [2.45, 2.75) is 25.3 Å². The van der Waals surface area contributed by atoms with Gasteiger partial charge in [0.05, 0.1) is 12.1 Å². The highest BCUT2D eigenvalue weighted by atomic mass is 16.4. The Morgan fingerprint density at radius 1 is 1.10 bits per heavy atom. The number of fused-ring (bicyclic) bond motifs is 3. The second-order valence-corrected chi connectivity index (χ2v) is 6.78. The molecule has 0 aliphatic rings. The van der Waals surface area contributed by atoms with Gasteiger partial charge in [0.2, 0.25) is 5.91 Å². The topological polar surface area (TPSA) is 105 Å². The lowest BCUT2D eigenvalue weighted by atomic mass is 10.1. The molecule has 0 radical (unpaired) electrons. The SMILES string of the molecule is O=C(Cc1cc2c(ccc3ccccc32)o1)NC(CCc1cnccn1)C(=O)O. The number of aliphatic carboxylic acids is 1. The van der Waals surface area contributed by atoms with E-state index in [0.717, 1.165) is 16.2 Å². The number of aromatic nitrogens is 2. The number of hydrogen-bond donors (Lipinski definition) is 2. The van der Waals surface area contributed by atoms with E-state index in [0.29, 0.717) is 23.5 Å². The highest BCUT2D eigenvalue weighted by molar-refractivity contribution is 6.06. The Balaban J connectivity index is 1.45. The van der Waals surface area contributed by atoms with Crippen molar-refractivity contribution >= 4 is 33.6 Å². The van der Waals surface area contributed by atoms with Gasteiger partial charge in [-0.1, -0.05) is 30.3 Å². The van der Waals surface area contributed by atoms with Crippen molar-refractivity contribution in [2.75, 3.05) is 0 Å². The van der Waals surface area contributed by atoms with Crippen LogP contribution in [0.4, 0.5) is 0 Å². The molecule has 1 unspecified atom stereocenters. The first-order chi connectivity index (χ1) is 14.1. The molecule has 0 saturated carbocycles. The Hall–Kier alpha value is -3.74. The van der Waals surface area contributed by atoms with Crippen LogP contribution in [-0.4, -0.2) is 33.0 Å². The Labute approximate surface area is 166 Å². The van der Waals surface area contributed by atoms with Crippen LogP contribution in [0, 0.1) is 0 Å². The van der Waals surface area contributed by atoms with Gasteiger partial charge in [-0.2, -0.15) is 0 Å². The van der Waals surface area contributed by atoms with E-state index in [1.807, 2.05) is 42.5 Å². The van der Waals surface area contributed by atoms with Gasteiger partial charge >= 0.3 is 5.97 Å². The number of carboxylic acids is 1. The summed E-state index contributed by atoms with van der Waals surface area (Å²) in [4.78, 5) is 32.0. The molecule has 1 amide bonds. The fraction of sp³-hybridized carbons (Fsp3) is 0.182. The molecule has 7 heteroatoms. The zero-order chi connectivity index (χ0) is 20.2. The highest BCUT2D eigenvalue weighted by Gasteiger charge is 2.21. The highest BCUT2D eigenvalue weighted by Crippen LogP contribution is 2.28. The summed E-state index contributed by atoms with van der Waals surface area (Å²) >= 11 is 0. The van der Waals surface area contributed by atoms with E-state index in [4.69, 9.17) is 4.42 Å². The molecule has 29 heavy (non-hydrogen) atoms. The molecule has 2 aromatic heterocycles. The first-order valence-corrected chi connectivity index (χ1v) is 9.27. The second kappa shape index (κ2) is 8.10. The Morgan fingerprint density at radius 3 is 2.76 bits per heavy atom. The van der Waals surface area contributed by atoms with E-state index in [-0.39, 0.29) is 12.8 Å². The second-order valence-electron chi connectivity index (χ2n) is 6.78. The Morgan fingerprint density at radius 2 is 1.97 bits per heavy atom. The minimum atomic E-state index is -1.09. The molecule has 146 valence electrons. The number of carbonyl (C=O) groups excluding carboxylic acids is 1. The van der Waals surface area contributed by atoms with Crippen molar-refractivity contribution in [1.82, 2.24) is 15.3 Å². The van der Waals surface area contributed by atoms with Gasteiger partial charge in [0, 0.05) is 24.0 Å². The molecular weight excluding hydrogens is 370 g/mol. The molecule has 0 spiro atoms. The molecule has 2 N–H and O–H groups in total. The number of aryl methyl sites for hydroxylation is 1. The number of rotatable bonds is 7. The van der Waals surface area contributed by atoms with Gasteiger partial charge in [0.1, 0.15) is 17.4 Å². The molecule has 0 saturated heterocycles. The monoisotopic (exact) mass is 389 g/mol. The van der Waals surface area contributed by atoms with E-state index >= 15 is 0 Å². The van der Waals surface area contributed by atoms with Crippen molar-refractivity contribution in [3.63, 3.8) is 0 Å². The molecule has 1 atom stereocenters. The summed E-state index contributed by atoms with van der Waals surface area (Å²) in [6.07, 6.45) is 5.29. The number of nitrogens with one attached hydrogen (secondary N) is 1. The summed E-state index contributed by atoms with van der Waals surface area (Å²) in [6, 6.07) is 12.6. The quantitative estimate of drug-likeness (QED) is 0.503. The van der Waals surface area contributed by atoms with Crippen molar-refractivity contribution in [3.05, 3.63) is 72.5 Å². The predicted octanol–water partition coefficient (Wildman–Crippen LogP) is 3.12. The van der Waals surface area contributed by atoms with Gasteiger partial charge in [-0.25, -0.2) is 4.79 Å². The van der Waals surface area contributed by atoms with Gasteiger partial charge in [-0.15, -0.1) is 0 Å². The summed E-state index contributed by atoms with van der Waals surface area (Å²) < 4.78 is 5.79. The number of benzene rings is 2. The maximum atomic E-state index is 12.4. The summed E-state index contributed by atoms with van der Waals surface area (Å²) in [5, 5.41) is 15.1. The van der Waals surface area contributed by atoms with Gasteiger partial charge in [-0.05, 0) is 35.7 Å². The third-order valence-electron chi connectivity index (χ3n) is 4.75. The van der Waals surface area contributed by atoms with Crippen LogP contribution in [0.1, 0.15) is 17.9 Å². The van der Waals surface area contributed by atoms with Crippen LogP contribution in [0.5, 0.6) is 0 Å². The van der Waals surface area contributed by atoms with Crippen molar-refractivity contribution < 1.29 is 19.1 Å². The summed E-state index contributed by atoms with van der Waals surface area (Å²) in [5.41, 5.74) is 1.38. The van der Waals surface area contributed by atoms with Gasteiger partial charge in [0.15, 0.2) is 0 Å². The molecule has 0 bridgehead atoms. The fourth-order valence-electron chi connectivity index (χ4n) is 3.34. The molecule has 4 rings (SSSR count). The standard InChI is InChI=1S/C22H19N3O4/c26-21(25-19(22(27)28)7-6-15-13-23-9-10-24-15)12-16-11-18-17-4-2-1-3-14(17)5-8-20(18)29-16/h1-5,8-11,13,19H,6-7,12H2,(H,25,26)(H,27,28). The van der Waals surface area contributed by atoms with Crippen LogP contribution in [0.3, 0.4) is 0 Å². The number of nitrogens with zero attached hydrogens (tertiary/aromatic N) is 2. The Bertz CT molecular complexity index is 1170. The number of amides is 1. The normalized spacial score (nSPS) is 12.1. The molecule has 2 heterocycles. The largest absolute Gasteiger partial charge is 0.480 e. The average molecular weight is 389 g/mol.